The van der Waals surface area contributed by atoms with Gasteiger partial charge < -0.3 is 0 Å². The molecule has 0 aliphatic heterocycles. The minimum Gasteiger partial charge on any atom is -0.228 e. The first kappa shape index (κ1) is 33.5. The van der Waals surface area contributed by atoms with Crippen LogP contribution < -0.4 is 0 Å². The van der Waals surface area contributed by atoms with Crippen molar-refractivity contribution in [1.29, 1.82) is 0 Å². The van der Waals surface area contributed by atoms with Gasteiger partial charge in [0.15, 0.2) is 5.82 Å². The van der Waals surface area contributed by atoms with E-state index in [4.69, 9.17) is 9.97 Å². The Bertz CT molecular complexity index is 3310. The van der Waals surface area contributed by atoms with Gasteiger partial charge in [-0.2, -0.15) is 0 Å². The van der Waals surface area contributed by atoms with Gasteiger partial charge in [0.25, 0.3) is 0 Å². The molecule has 2 heteroatoms. The third-order valence-electron chi connectivity index (χ3n) is 12.5. The average Bonchev–Trinajstić information content (AvgIpc) is 3.64. The fraction of sp³-hybridized carbons (Fsp3) is 0.0175. The molecule has 0 unspecified atom stereocenters. The molecule has 1 aliphatic rings. The third-order valence-corrected chi connectivity index (χ3v) is 12.5. The van der Waals surface area contributed by atoms with Crippen molar-refractivity contribution in [2.45, 2.75) is 5.41 Å². The molecule has 12 rings (SSSR count). The number of rotatable bonds is 5. The van der Waals surface area contributed by atoms with E-state index in [1.165, 1.54) is 76.5 Å². The minimum absolute atomic E-state index is 0.563. The predicted molar refractivity (Wildman–Crippen MR) is 246 cm³/mol. The Hall–Kier alpha value is -7.68. The van der Waals surface area contributed by atoms with E-state index in [-0.39, 0.29) is 0 Å². The molecule has 0 fully saturated rings. The van der Waals surface area contributed by atoms with E-state index >= 15 is 0 Å². The van der Waals surface area contributed by atoms with Crippen molar-refractivity contribution in [3.05, 3.63) is 241 Å². The second-order valence-electron chi connectivity index (χ2n) is 15.6. The van der Waals surface area contributed by atoms with Gasteiger partial charge in [0.05, 0.1) is 16.8 Å². The first-order chi connectivity index (χ1) is 29.3. The molecule has 0 saturated carbocycles. The molecule has 10 aromatic carbocycles. The van der Waals surface area contributed by atoms with Gasteiger partial charge in [0.1, 0.15) is 0 Å². The van der Waals surface area contributed by atoms with E-state index in [1.807, 2.05) is 12.1 Å². The Morgan fingerprint density at radius 1 is 0.322 bits per heavy atom. The van der Waals surface area contributed by atoms with Crippen molar-refractivity contribution in [3.63, 3.8) is 0 Å². The first-order valence-electron chi connectivity index (χ1n) is 20.3. The standard InChI is InChI=1S/C57H36N2/c1-5-19-37(20-6-1)50-36-51(38-21-7-2-8-22-38)59-56(58-50)39-33-34-46-48(35-39)42-27-13-14-28-43(42)54-52(46)44-29-15-16-30-45(44)53-47-31-17-18-32-49(47)57(55(53)54,40-23-9-3-10-24-40)41-25-11-4-12-26-41/h1-36H. The van der Waals surface area contributed by atoms with E-state index in [1.54, 1.807) is 0 Å². The molecule has 1 aliphatic carbocycles. The Morgan fingerprint density at radius 2 is 0.797 bits per heavy atom. The molecule has 1 heterocycles. The fourth-order valence-electron chi connectivity index (χ4n) is 10.1. The van der Waals surface area contributed by atoms with Gasteiger partial charge in [-0.05, 0) is 88.6 Å². The fourth-order valence-corrected chi connectivity index (χ4v) is 10.1. The van der Waals surface area contributed by atoms with Crippen molar-refractivity contribution >= 4 is 43.1 Å². The Morgan fingerprint density at radius 3 is 1.41 bits per heavy atom. The van der Waals surface area contributed by atoms with Crippen LogP contribution in [0.5, 0.6) is 0 Å². The Kier molecular flexibility index (Phi) is 7.48. The van der Waals surface area contributed by atoms with Crippen molar-refractivity contribution in [3.8, 4) is 45.0 Å². The largest absolute Gasteiger partial charge is 0.228 e. The zero-order valence-corrected chi connectivity index (χ0v) is 32.2. The highest BCUT2D eigenvalue weighted by Gasteiger charge is 2.48. The lowest BCUT2D eigenvalue weighted by atomic mass is 9.66. The van der Waals surface area contributed by atoms with Gasteiger partial charge in [0.2, 0.25) is 0 Å². The summed E-state index contributed by atoms with van der Waals surface area (Å²) in [6, 6.07) is 79.3. The van der Waals surface area contributed by atoms with Crippen LogP contribution in [0.15, 0.2) is 218 Å². The third kappa shape index (κ3) is 4.93. The summed E-state index contributed by atoms with van der Waals surface area (Å²) in [5, 5.41) is 9.94. The maximum Gasteiger partial charge on any atom is 0.160 e. The van der Waals surface area contributed by atoms with E-state index in [2.05, 4.69) is 206 Å². The monoisotopic (exact) mass is 748 g/mol. The topological polar surface area (TPSA) is 25.8 Å². The number of aromatic nitrogens is 2. The summed E-state index contributed by atoms with van der Waals surface area (Å²) in [7, 11) is 0. The highest BCUT2D eigenvalue weighted by atomic mass is 14.9. The summed E-state index contributed by atoms with van der Waals surface area (Å²) in [4.78, 5) is 10.5. The summed E-state index contributed by atoms with van der Waals surface area (Å²) in [6.45, 7) is 0. The molecule has 0 radical (unpaired) electrons. The van der Waals surface area contributed by atoms with E-state index in [0.29, 0.717) is 5.82 Å². The highest BCUT2D eigenvalue weighted by molar-refractivity contribution is 6.35. The van der Waals surface area contributed by atoms with Crippen molar-refractivity contribution in [2.24, 2.45) is 0 Å². The molecule has 274 valence electrons. The van der Waals surface area contributed by atoms with Gasteiger partial charge in [-0.1, -0.05) is 206 Å². The van der Waals surface area contributed by atoms with Crippen LogP contribution in [0.1, 0.15) is 22.3 Å². The molecule has 1 aromatic heterocycles. The number of hydrogen-bond donors (Lipinski definition) is 0. The van der Waals surface area contributed by atoms with Gasteiger partial charge in [-0.3, -0.25) is 0 Å². The van der Waals surface area contributed by atoms with Crippen LogP contribution in [-0.4, -0.2) is 9.97 Å². The summed E-state index contributed by atoms with van der Waals surface area (Å²) in [5.41, 5.74) is 12.1. The smallest absolute Gasteiger partial charge is 0.160 e. The average molecular weight is 749 g/mol. The van der Waals surface area contributed by atoms with Crippen molar-refractivity contribution in [2.75, 3.05) is 0 Å². The second-order valence-corrected chi connectivity index (χ2v) is 15.6. The number of fused-ring (bicyclic) bond motifs is 13. The molecule has 0 N–H and O–H groups in total. The molecule has 11 aromatic rings. The predicted octanol–water partition coefficient (Wildman–Crippen LogP) is 14.5. The van der Waals surface area contributed by atoms with Gasteiger partial charge >= 0.3 is 0 Å². The molecular formula is C57H36N2. The molecule has 0 amide bonds. The van der Waals surface area contributed by atoms with Crippen LogP contribution in [0.2, 0.25) is 0 Å². The summed E-state index contributed by atoms with van der Waals surface area (Å²) in [5.74, 6) is 0.706. The van der Waals surface area contributed by atoms with Crippen LogP contribution in [0, 0.1) is 0 Å². The van der Waals surface area contributed by atoms with Gasteiger partial charge in [-0.15, -0.1) is 0 Å². The van der Waals surface area contributed by atoms with Crippen LogP contribution in [0.4, 0.5) is 0 Å². The van der Waals surface area contributed by atoms with Gasteiger partial charge in [0, 0.05) is 16.7 Å². The van der Waals surface area contributed by atoms with Crippen molar-refractivity contribution < 1.29 is 0 Å². The normalized spacial score (nSPS) is 12.9. The van der Waals surface area contributed by atoms with Gasteiger partial charge in [-0.25, -0.2) is 9.97 Å². The highest BCUT2D eigenvalue weighted by Crippen LogP contribution is 2.61. The molecule has 2 nitrogen and oxygen atoms in total. The maximum absolute atomic E-state index is 5.24. The van der Waals surface area contributed by atoms with E-state index < -0.39 is 5.41 Å². The second kappa shape index (κ2) is 13.2. The van der Waals surface area contributed by atoms with Crippen LogP contribution in [-0.2, 0) is 5.41 Å². The molecule has 0 saturated heterocycles. The number of benzene rings is 10. The zero-order valence-electron chi connectivity index (χ0n) is 32.2. The minimum atomic E-state index is -0.563. The molecule has 0 spiro atoms. The lowest BCUT2D eigenvalue weighted by molar-refractivity contribution is 0.776. The Balaban J connectivity index is 1.23. The zero-order chi connectivity index (χ0) is 38.9. The summed E-state index contributed by atoms with van der Waals surface area (Å²) >= 11 is 0. The van der Waals surface area contributed by atoms with E-state index in [0.717, 1.165) is 28.1 Å². The number of nitrogens with zero attached hydrogens (tertiary/aromatic N) is 2. The first-order valence-corrected chi connectivity index (χ1v) is 20.3. The van der Waals surface area contributed by atoms with E-state index in [9.17, 15) is 0 Å². The van der Waals surface area contributed by atoms with Crippen LogP contribution in [0.3, 0.4) is 0 Å². The number of hydrogen-bond acceptors (Lipinski definition) is 2. The quantitative estimate of drug-likeness (QED) is 0.164. The maximum atomic E-state index is 5.24. The van der Waals surface area contributed by atoms with Crippen LogP contribution >= 0.6 is 0 Å². The lowest BCUT2D eigenvalue weighted by Crippen LogP contribution is -2.28. The summed E-state index contributed by atoms with van der Waals surface area (Å²) < 4.78 is 0. The molecular weight excluding hydrogens is 713 g/mol. The van der Waals surface area contributed by atoms with Crippen molar-refractivity contribution in [1.82, 2.24) is 9.97 Å². The summed E-state index contributed by atoms with van der Waals surface area (Å²) in [6.07, 6.45) is 0. The molecule has 0 bridgehead atoms. The lowest BCUT2D eigenvalue weighted by Gasteiger charge is -2.35. The van der Waals surface area contributed by atoms with Crippen LogP contribution in [0.25, 0.3) is 88.1 Å². The SMILES string of the molecule is c1ccc(-c2cc(-c3ccccc3)nc(-c3ccc4c(c3)c3ccccc3c3c5c(c6ccccc6c43)-c3ccccc3C5(c3ccccc3)c3ccccc3)n2)cc1. The molecule has 59 heavy (non-hydrogen) atoms. The molecule has 0 atom stereocenters. The Labute approximate surface area is 342 Å².